The molecule has 0 spiro atoms. The van der Waals surface area contributed by atoms with Crippen LogP contribution < -0.4 is 5.32 Å². The molecule has 0 unspecified atom stereocenters. The van der Waals surface area contributed by atoms with Gasteiger partial charge in [0, 0.05) is 0 Å². The van der Waals surface area contributed by atoms with E-state index in [9.17, 15) is 14.0 Å². The maximum Gasteiger partial charge on any atom is 0.349 e. The Hall–Kier alpha value is -3.17. The number of amides is 1. The van der Waals surface area contributed by atoms with Crippen LogP contribution in [0.3, 0.4) is 0 Å². The van der Waals surface area contributed by atoms with E-state index in [4.69, 9.17) is 21.6 Å². The van der Waals surface area contributed by atoms with Crippen molar-refractivity contribution in [2.24, 2.45) is 0 Å². The van der Waals surface area contributed by atoms with Crippen molar-refractivity contribution in [3.63, 3.8) is 0 Å². The number of aryl methyl sites for hydroxylation is 1. The van der Waals surface area contributed by atoms with E-state index in [0.717, 1.165) is 17.7 Å². The lowest BCUT2D eigenvalue weighted by Gasteiger charge is -2.08. The first-order valence-electron chi connectivity index (χ1n) is 7.49. The molecule has 5 nitrogen and oxygen atoms in total. The zero-order valence-corrected chi connectivity index (χ0v) is 14.5. The predicted molar refractivity (Wildman–Crippen MR) is 95.8 cm³/mol. The molecule has 132 valence electrons. The van der Waals surface area contributed by atoms with Crippen molar-refractivity contribution < 1.29 is 18.7 Å². The third kappa shape index (κ3) is 5.43. The van der Waals surface area contributed by atoms with Gasteiger partial charge in [-0.15, -0.1) is 0 Å². The van der Waals surface area contributed by atoms with Crippen LogP contribution in [0.25, 0.3) is 6.08 Å². The first-order valence-corrected chi connectivity index (χ1v) is 7.87. The molecule has 26 heavy (non-hydrogen) atoms. The number of ether oxygens (including phenoxy) is 1. The summed E-state index contributed by atoms with van der Waals surface area (Å²) in [7, 11) is 0. The van der Waals surface area contributed by atoms with Crippen molar-refractivity contribution in [2.75, 3.05) is 11.9 Å². The minimum atomic E-state index is -0.923. The molecule has 0 heterocycles. The van der Waals surface area contributed by atoms with Crippen molar-refractivity contribution in [2.45, 2.75) is 6.92 Å². The number of carbonyl (C=O) groups excluding carboxylic acids is 2. The minimum absolute atomic E-state index is 0.0154. The predicted octanol–water partition coefficient (Wildman–Crippen LogP) is 3.88. The third-order valence-electron chi connectivity index (χ3n) is 3.27. The Kier molecular flexibility index (Phi) is 6.48. The number of benzene rings is 2. The van der Waals surface area contributed by atoms with Crippen LogP contribution in [0.1, 0.15) is 11.1 Å². The summed E-state index contributed by atoms with van der Waals surface area (Å²) in [6, 6.07) is 12.4. The van der Waals surface area contributed by atoms with Gasteiger partial charge in [0.05, 0.1) is 10.7 Å². The standard InChI is InChI=1S/C19H14ClFN2O3/c1-12-2-4-13(5-3-12)8-14(10-22)19(25)26-11-18(24)23-17-7-6-15(21)9-16(17)20/h2-9H,11H2,1H3,(H,23,24)/b14-8+. The number of nitrogens with zero attached hydrogens (tertiary/aromatic N) is 1. The molecule has 0 atom stereocenters. The zero-order valence-electron chi connectivity index (χ0n) is 13.8. The van der Waals surface area contributed by atoms with Gasteiger partial charge in [-0.3, -0.25) is 4.79 Å². The van der Waals surface area contributed by atoms with Crippen LogP contribution >= 0.6 is 11.6 Å². The fraction of sp³-hybridized carbons (Fsp3) is 0.105. The quantitative estimate of drug-likeness (QED) is 0.491. The third-order valence-corrected chi connectivity index (χ3v) is 3.58. The molecular weight excluding hydrogens is 359 g/mol. The minimum Gasteiger partial charge on any atom is -0.451 e. The highest BCUT2D eigenvalue weighted by Gasteiger charge is 2.14. The number of hydrogen-bond acceptors (Lipinski definition) is 4. The molecular formula is C19H14ClFN2O3. The second-order valence-corrected chi connectivity index (χ2v) is 5.74. The van der Waals surface area contributed by atoms with Gasteiger partial charge < -0.3 is 10.1 Å². The Morgan fingerprint density at radius 3 is 2.58 bits per heavy atom. The molecule has 0 aromatic heterocycles. The van der Waals surface area contributed by atoms with Crippen molar-refractivity contribution >= 4 is 35.2 Å². The number of hydrogen-bond donors (Lipinski definition) is 1. The van der Waals surface area contributed by atoms with Crippen molar-refractivity contribution in [1.82, 2.24) is 0 Å². The largest absolute Gasteiger partial charge is 0.451 e. The van der Waals surface area contributed by atoms with Gasteiger partial charge in [-0.2, -0.15) is 5.26 Å². The molecule has 2 aromatic rings. The van der Waals surface area contributed by atoms with Gasteiger partial charge in [0.2, 0.25) is 0 Å². The molecule has 1 N–H and O–H groups in total. The summed E-state index contributed by atoms with van der Waals surface area (Å²) in [5.41, 5.74) is 1.65. The number of halogens is 2. The summed E-state index contributed by atoms with van der Waals surface area (Å²) in [5.74, 6) is -2.13. The molecule has 2 rings (SSSR count). The van der Waals surface area contributed by atoms with Crippen molar-refractivity contribution in [1.29, 1.82) is 5.26 Å². The topological polar surface area (TPSA) is 79.2 Å². The van der Waals surface area contributed by atoms with E-state index in [2.05, 4.69) is 5.32 Å². The number of nitriles is 1. The molecule has 0 saturated heterocycles. The van der Waals surface area contributed by atoms with Crippen molar-refractivity contribution in [3.05, 3.63) is 70.0 Å². The first-order chi connectivity index (χ1) is 12.4. The highest BCUT2D eigenvalue weighted by Crippen LogP contribution is 2.22. The van der Waals surface area contributed by atoms with Crippen LogP contribution in [0.5, 0.6) is 0 Å². The molecule has 0 bridgehead atoms. The molecule has 1 amide bonds. The molecule has 0 fully saturated rings. The maximum absolute atomic E-state index is 13.0. The van der Waals surface area contributed by atoms with Gasteiger partial charge >= 0.3 is 5.97 Å². The highest BCUT2D eigenvalue weighted by molar-refractivity contribution is 6.33. The van der Waals surface area contributed by atoms with E-state index in [1.807, 2.05) is 19.1 Å². The normalized spacial score (nSPS) is 10.8. The average Bonchev–Trinajstić information content (AvgIpc) is 2.61. The SMILES string of the molecule is Cc1ccc(/C=C(\C#N)C(=O)OCC(=O)Nc2ccc(F)cc2Cl)cc1. The molecule has 0 saturated carbocycles. The number of anilines is 1. The molecule has 0 aliphatic rings. The second kappa shape index (κ2) is 8.79. The van der Waals surface area contributed by atoms with Gasteiger partial charge in [-0.25, -0.2) is 9.18 Å². The van der Waals surface area contributed by atoms with E-state index < -0.39 is 24.3 Å². The maximum atomic E-state index is 13.0. The lowest BCUT2D eigenvalue weighted by molar-refractivity contribution is -0.142. The molecule has 0 aliphatic heterocycles. The van der Waals surface area contributed by atoms with E-state index in [1.165, 1.54) is 12.1 Å². The fourth-order valence-electron chi connectivity index (χ4n) is 1.95. The van der Waals surface area contributed by atoms with Gasteiger partial charge in [-0.05, 0) is 36.8 Å². The van der Waals surface area contributed by atoms with Gasteiger partial charge in [0.15, 0.2) is 6.61 Å². The van der Waals surface area contributed by atoms with Crippen LogP contribution in [0, 0.1) is 24.1 Å². The molecule has 2 aromatic carbocycles. The van der Waals surface area contributed by atoms with Gasteiger partial charge in [-0.1, -0.05) is 41.4 Å². The van der Waals surface area contributed by atoms with Crippen molar-refractivity contribution in [3.8, 4) is 6.07 Å². The molecule has 0 aliphatic carbocycles. The van der Waals surface area contributed by atoms with E-state index in [-0.39, 0.29) is 16.3 Å². The lowest BCUT2D eigenvalue weighted by Crippen LogP contribution is -2.21. The van der Waals surface area contributed by atoms with Gasteiger partial charge in [0.25, 0.3) is 5.91 Å². The number of carbonyl (C=O) groups is 2. The molecule has 0 radical (unpaired) electrons. The van der Waals surface area contributed by atoms with Crippen LogP contribution in [0.4, 0.5) is 10.1 Å². The summed E-state index contributed by atoms with van der Waals surface area (Å²) >= 11 is 5.80. The summed E-state index contributed by atoms with van der Waals surface area (Å²) in [6.45, 7) is 1.30. The van der Waals surface area contributed by atoms with Gasteiger partial charge in [0.1, 0.15) is 17.5 Å². The number of rotatable bonds is 5. The van der Waals surface area contributed by atoms with Crippen LogP contribution in [0.15, 0.2) is 48.0 Å². The lowest BCUT2D eigenvalue weighted by atomic mass is 10.1. The van der Waals surface area contributed by atoms with Crippen LogP contribution in [0.2, 0.25) is 5.02 Å². The second-order valence-electron chi connectivity index (χ2n) is 5.33. The highest BCUT2D eigenvalue weighted by atomic mass is 35.5. The summed E-state index contributed by atoms with van der Waals surface area (Å²) in [4.78, 5) is 23.8. The monoisotopic (exact) mass is 372 g/mol. The summed E-state index contributed by atoms with van der Waals surface area (Å²) < 4.78 is 17.8. The fourth-order valence-corrected chi connectivity index (χ4v) is 2.17. The number of nitrogens with one attached hydrogen (secondary N) is 1. The summed E-state index contributed by atoms with van der Waals surface area (Å²) in [6.07, 6.45) is 1.37. The first kappa shape index (κ1) is 19.2. The Bertz CT molecular complexity index is 902. The Morgan fingerprint density at radius 1 is 1.27 bits per heavy atom. The van der Waals surface area contributed by atoms with E-state index >= 15 is 0 Å². The number of esters is 1. The molecule has 7 heteroatoms. The summed E-state index contributed by atoms with van der Waals surface area (Å²) in [5, 5.41) is 11.5. The average molecular weight is 373 g/mol. The van der Waals surface area contributed by atoms with E-state index in [0.29, 0.717) is 5.56 Å². The Morgan fingerprint density at radius 2 is 1.96 bits per heavy atom. The van der Waals surface area contributed by atoms with Crippen LogP contribution in [-0.2, 0) is 14.3 Å². The van der Waals surface area contributed by atoms with Crippen LogP contribution in [-0.4, -0.2) is 18.5 Å². The Labute approximate surface area is 154 Å². The Balaban J connectivity index is 1.96. The smallest absolute Gasteiger partial charge is 0.349 e. The van der Waals surface area contributed by atoms with E-state index in [1.54, 1.807) is 18.2 Å². The zero-order chi connectivity index (χ0) is 19.1.